The molecule has 1 fully saturated rings. The summed E-state index contributed by atoms with van der Waals surface area (Å²) in [6.45, 7) is 3.85. The van der Waals surface area contributed by atoms with Gasteiger partial charge in [-0.25, -0.2) is 0 Å². The molecule has 1 unspecified atom stereocenters. The van der Waals surface area contributed by atoms with Gasteiger partial charge in [0, 0.05) is 13.5 Å². The van der Waals surface area contributed by atoms with Gasteiger partial charge in [0.05, 0.1) is 12.1 Å². The van der Waals surface area contributed by atoms with Crippen LogP contribution in [0, 0.1) is 0 Å². The summed E-state index contributed by atoms with van der Waals surface area (Å²) in [5.41, 5.74) is -0.0763. The van der Waals surface area contributed by atoms with Crippen LogP contribution < -0.4 is 5.32 Å². The van der Waals surface area contributed by atoms with Crippen LogP contribution in [0.5, 0.6) is 0 Å². The maximum atomic E-state index is 5.42. The van der Waals surface area contributed by atoms with Gasteiger partial charge in [-0.15, -0.1) is 0 Å². The van der Waals surface area contributed by atoms with E-state index in [4.69, 9.17) is 9.26 Å². The quantitative estimate of drug-likeness (QED) is 0.817. The molecule has 1 aromatic heterocycles. The fourth-order valence-corrected chi connectivity index (χ4v) is 2.48. The minimum atomic E-state index is -0.0763. The first kappa shape index (κ1) is 12.5. The van der Waals surface area contributed by atoms with Crippen molar-refractivity contribution in [3.63, 3.8) is 0 Å². The van der Waals surface area contributed by atoms with Gasteiger partial charge in [-0.1, -0.05) is 18.5 Å². The number of nitrogens with zero attached hydrogens (tertiary/aromatic N) is 2. The van der Waals surface area contributed by atoms with E-state index < -0.39 is 0 Å². The number of hydrogen-bond donors (Lipinski definition) is 1. The first-order chi connectivity index (χ1) is 8.30. The fraction of sp³-hybridized carbons (Fsp3) is 0.833. The van der Waals surface area contributed by atoms with Crippen LogP contribution >= 0.6 is 0 Å². The normalized spacial score (nSPS) is 24.4. The van der Waals surface area contributed by atoms with Crippen molar-refractivity contribution in [1.29, 1.82) is 0 Å². The van der Waals surface area contributed by atoms with E-state index in [0.29, 0.717) is 13.0 Å². The summed E-state index contributed by atoms with van der Waals surface area (Å²) in [5.74, 6) is 1.49. The second-order valence-electron chi connectivity index (χ2n) is 4.62. The molecule has 96 valence electrons. The van der Waals surface area contributed by atoms with Crippen molar-refractivity contribution < 1.29 is 9.26 Å². The lowest BCUT2D eigenvalue weighted by Crippen LogP contribution is -2.37. The van der Waals surface area contributed by atoms with Gasteiger partial charge < -0.3 is 14.6 Å². The Bertz CT molecular complexity index is 345. The average Bonchev–Trinajstić information content (AvgIpc) is 2.96. The van der Waals surface area contributed by atoms with E-state index in [1.54, 1.807) is 7.11 Å². The topological polar surface area (TPSA) is 60.2 Å². The minimum Gasteiger partial charge on any atom is -0.384 e. The van der Waals surface area contributed by atoms with Crippen molar-refractivity contribution in [2.24, 2.45) is 0 Å². The largest absolute Gasteiger partial charge is 0.384 e. The molecule has 0 bridgehead atoms. The molecular formula is C12H21N3O2. The van der Waals surface area contributed by atoms with Crippen LogP contribution in [0.4, 0.5) is 0 Å². The summed E-state index contributed by atoms with van der Waals surface area (Å²) in [4.78, 5) is 4.50. The maximum Gasteiger partial charge on any atom is 0.246 e. The molecule has 0 aromatic carbocycles. The summed E-state index contributed by atoms with van der Waals surface area (Å²) in [6, 6.07) is 0. The predicted molar refractivity (Wildman–Crippen MR) is 63.7 cm³/mol. The molecule has 1 N–H and O–H groups in total. The SMILES string of the molecule is CCCC1(c2nc(CCOC)no2)CCCN1. The Morgan fingerprint density at radius 1 is 1.53 bits per heavy atom. The maximum absolute atomic E-state index is 5.42. The molecule has 0 radical (unpaired) electrons. The Morgan fingerprint density at radius 2 is 2.41 bits per heavy atom. The van der Waals surface area contributed by atoms with Crippen molar-refractivity contribution in [2.75, 3.05) is 20.3 Å². The average molecular weight is 239 g/mol. The number of rotatable bonds is 6. The van der Waals surface area contributed by atoms with Crippen LogP contribution in [0.25, 0.3) is 0 Å². The number of ether oxygens (including phenoxy) is 1. The molecule has 5 nitrogen and oxygen atoms in total. The van der Waals surface area contributed by atoms with Gasteiger partial charge in [-0.2, -0.15) is 4.98 Å². The van der Waals surface area contributed by atoms with Crippen molar-refractivity contribution in [3.8, 4) is 0 Å². The smallest absolute Gasteiger partial charge is 0.246 e. The van der Waals surface area contributed by atoms with E-state index in [-0.39, 0.29) is 5.54 Å². The summed E-state index contributed by atoms with van der Waals surface area (Å²) in [5, 5.41) is 7.55. The molecule has 1 aliphatic heterocycles. The molecule has 0 spiro atoms. The summed E-state index contributed by atoms with van der Waals surface area (Å²) in [7, 11) is 1.68. The van der Waals surface area contributed by atoms with Gasteiger partial charge in [0.1, 0.15) is 0 Å². The Kier molecular flexibility index (Phi) is 4.12. The van der Waals surface area contributed by atoms with Crippen LogP contribution in [0.3, 0.4) is 0 Å². The third kappa shape index (κ3) is 2.66. The minimum absolute atomic E-state index is 0.0763. The Balaban J connectivity index is 2.10. The van der Waals surface area contributed by atoms with Crippen molar-refractivity contribution in [2.45, 2.75) is 44.6 Å². The van der Waals surface area contributed by atoms with E-state index >= 15 is 0 Å². The lowest BCUT2D eigenvalue weighted by molar-refractivity contribution is 0.199. The standard InChI is InChI=1S/C12H21N3O2/c1-3-6-12(7-4-8-13-12)11-14-10(15-17-11)5-9-16-2/h13H,3-9H2,1-2H3. The number of methoxy groups -OCH3 is 1. The molecule has 5 heteroatoms. The van der Waals surface area contributed by atoms with Crippen LogP contribution in [0.1, 0.15) is 44.3 Å². The highest BCUT2D eigenvalue weighted by Crippen LogP contribution is 2.34. The van der Waals surface area contributed by atoms with E-state index in [9.17, 15) is 0 Å². The summed E-state index contributed by atoms with van der Waals surface area (Å²) < 4.78 is 10.4. The molecule has 2 rings (SSSR count). The molecule has 0 aliphatic carbocycles. The van der Waals surface area contributed by atoms with E-state index in [1.165, 1.54) is 6.42 Å². The number of nitrogens with one attached hydrogen (secondary N) is 1. The van der Waals surface area contributed by atoms with Gasteiger partial charge in [-0.05, 0) is 25.8 Å². The highest BCUT2D eigenvalue weighted by Gasteiger charge is 2.39. The molecule has 1 aliphatic rings. The lowest BCUT2D eigenvalue weighted by Gasteiger charge is -2.24. The van der Waals surface area contributed by atoms with Crippen LogP contribution in [0.15, 0.2) is 4.52 Å². The van der Waals surface area contributed by atoms with E-state index in [2.05, 4.69) is 22.4 Å². The predicted octanol–water partition coefficient (Wildman–Crippen LogP) is 1.64. The highest BCUT2D eigenvalue weighted by molar-refractivity contribution is 5.06. The second-order valence-corrected chi connectivity index (χ2v) is 4.62. The molecule has 1 saturated heterocycles. The molecular weight excluding hydrogens is 218 g/mol. The van der Waals surface area contributed by atoms with Gasteiger partial charge in [0.15, 0.2) is 5.82 Å². The van der Waals surface area contributed by atoms with Gasteiger partial charge in [0.2, 0.25) is 5.89 Å². The zero-order chi connectivity index (χ0) is 12.1. The molecule has 1 aromatic rings. The molecule has 2 heterocycles. The Hall–Kier alpha value is -0.940. The van der Waals surface area contributed by atoms with E-state index in [0.717, 1.165) is 37.5 Å². The zero-order valence-electron chi connectivity index (χ0n) is 10.7. The molecule has 0 saturated carbocycles. The number of hydrogen-bond acceptors (Lipinski definition) is 5. The summed E-state index contributed by atoms with van der Waals surface area (Å²) in [6.07, 6.45) is 5.15. The van der Waals surface area contributed by atoms with Crippen molar-refractivity contribution >= 4 is 0 Å². The lowest BCUT2D eigenvalue weighted by atomic mass is 9.92. The third-order valence-electron chi connectivity index (χ3n) is 3.33. The zero-order valence-corrected chi connectivity index (χ0v) is 10.7. The van der Waals surface area contributed by atoms with Gasteiger partial charge >= 0.3 is 0 Å². The van der Waals surface area contributed by atoms with Crippen LogP contribution in [0.2, 0.25) is 0 Å². The monoisotopic (exact) mass is 239 g/mol. The van der Waals surface area contributed by atoms with Crippen LogP contribution in [-0.4, -0.2) is 30.4 Å². The fourth-order valence-electron chi connectivity index (χ4n) is 2.48. The highest BCUT2D eigenvalue weighted by atomic mass is 16.5. The first-order valence-corrected chi connectivity index (χ1v) is 6.38. The summed E-state index contributed by atoms with van der Waals surface area (Å²) >= 11 is 0. The number of aromatic nitrogens is 2. The van der Waals surface area contributed by atoms with E-state index in [1.807, 2.05) is 0 Å². The third-order valence-corrected chi connectivity index (χ3v) is 3.33. The van der Waals surface area contributed by atoms with Gasteiger partial charge in [0.25, 0.3) is 0 Å². The molecule has 17 heavy (non-hydrogen) atoms. The molecule has 0 amide bonds. The Morgan fingerprint density at radius 3 is 3.06 bits per heavy atom. The first-order valence-electron chi connectivity index (χ1n) is 6.38. The van der Waals surface area contributed by atoms with Crippen LogP contribution in [-0.2, 0) is 16.7 Å². The molecule has 1 atom stereocenters. The van der Waals surface area contributed by atoms with Gasteiger partial charge in [-0.3, -0.25) is 0 Å². The second kappa shape index (κ2) is 5.60. The van der Waals surface area contributed by atoms with Crippen molar-refractivity contribution in [3.05, 3.63) is 11.7 Å². The van der Waals surface area contributed by atoms with Crippen molar-refractivity contribution in [1.82, 2.24) is 15.5 Å². The Labute approximate surface area is 102 Å².